The Morgan fingerprint density at radius 2 is 1.91 bits per heavy atom. The molecule has 1 aromatic heterocycles. The van der Waals surface area contributed by atoms with E-state index in [9.17, 15) is 8.42 Å². The molecule has 8 heteroatoms. The molecule has 0 fully saturated rings. The van der Waals surface area contributed by atoms with Gasteiger partial charge in [0.1, 0.15) is 0 Å². The number of rotatable bonds is 4. The van der Waals surface area contributed by atoms with Crippen LogP contribution < -0.4 is 4.72 Å². The van der Waals surface area contributed by atoms with Crippen LogP contribution in [0.4, 0.5) is 5.69 Å². The summed E-state index contributed by atoms with van der Waals surface area (Å²) in [6, 6.07) is 11.9. The predicted octanol–water partition coefficient (Wildman–Crippen LogP) is 4.58. The molecule has 0 aliphatic carbocycles. The molecule has 0 unspecified atom stereocenters. The summed E-state index contributed by atoms with van der Waals surface area (Å²) < 4.78 is 30.1. The number of nitrogens with one attached hydrogen (secondary N) is 1. The SMILES string of the molecule is CSc1nc2ccc(NS(=O)(=O)c3ccc(Br)cc3)cc2s1. The smallest absolute Gasteiger partial charge is 0.261 e. The molecule has 1 heterocycles. The summed E-state index contributed by atoms with van der Waals surface area (Å²) >= 11 is 6.41. The average molecular weight is 415 g/mol. The first-order valence-electron chi connectivity index (χ1n) is 6.21. The van der Waals surface area contributed by atoms with Crippen LogP contribution in [0.3, 0.4) is 0 Å². The van der Waals surface area contributed by atoms with Gasteiger partial charge in [-0.25, -0.2) is 13.4 Å². The summed E-state index contributed by atoms with van der Waals surface area (Å²) in [7, 11) is -3.59. The third-order valence-corrected chi connectivity index (χ3v) is 6.85. The van der Waals surface area contributed by atoms with Gasteiger partial charge in [-0.05, 0) is 48.7 Å². The fraction of sp³-hybridized carbons (Fsp3) is 0.0714. The highest BCUT2D eigenvalue weighted by Gasteiger charge is 2.14. The van der Waals surface area contributed by atoms with Gasteiger partial charge in [0.2, 0.25) is 0 Å². The van der Waals surface area contributed by atoms with E-state index in [1.807, 2.05) is 18.4 Å². The molecule has 0 aliphatic rings. The van der Waals surface area contributed by atoms with Crippen LogP contribution in [-0.2, 0) is 10.0 Å². The molecule has 0 amide bonds. The maximum atomic E-state index is 12.4. The van der Waals surface area contributed by atoms with Crippen LogP contribution in [0.2, 0.25) is 0 Å². The Kier molecular flexibility index (Phi) is 4.44. The highest BCUT2D eigenvalue weighted by atomic mass is 79.9. The van der Waals surface area contributed by atoms with Gasteiger partial charge in [0.25, 0.3) is 10.0 Å². The topological polar surface area (TPSA) is 59.1 Å². The van der Waals surface area contributed by atoms with E-state index in [2.05, 4.69) is 25.6 Å². The van der Waals surface area contributed by atoms with Crippen LogP contribution in [-0.4, -0.2) is 19.7 Å². The van der Waals surface area contributed by atoms with Crippen LogP contribution >= 0.6 is 39.0 Å². The number of thiazole rings is 1. The highest BCUT2D eigenvalue weighted by molar-refractivity contribution is 9.10. The molecule has 3 aromatic rings. The second-order valence-corrected chi connectivity index (χ2v) is 9.11. The minimum atomic E-state index is -3.59. The van der Waals surface area contributed by atoms with Crippen molar-refractivity contribution in [3.8, 4) is 0 Å². The predicted molar refractivity (Wildman–Crippen MR) is 96.4 cm³/mol. The van der Waals surface area contributed by atoms with E-state index < -0.39 is 10.0 Å². The summed E-state index contributed by atoms with van der Waals surface area (Å²) in [5.74, 6) is 0. The fourth-order valence-corrected chi connectivity index (χ4v) is 4.72. The minimum Gasteiger partial charge on any atom is -0.280 e. The molecule has 1 N–H and O–H groups in total. The lowest BCUT2D eigenvalue weighted by atomic mass is 10.3. The van der Waals surface area contributed by atoms with Crippen molar-refractivity contribution in [1.29, 1.82) is 0 Å². The maximum Gasteiger partial charge on any atom is 0.261 e. The van der Waals surface area contributed by atoms with Crippen molar-refractivity contribution in [2.75, 3.05) is 11.0 Å². The van der Waals surface area contributed by atoms with Gasteiger partial charge in [-0.15, -0.1) is 11.3 Å². The zero-order valence-electron chi connectivity index (χ0n) is 11.4. The summed E-state index contributed by atoms with van der Waals surface area (Å²) in [6.07, 6.45) is 1.97. The quantitative estimate of drug-likeness (QED) is 0.634. The molecule has 114 valence electrons. The number of anilines is 1. The minimum absolute atomic E-state index is 0.227. The fourth-order valence-electron chi connectivity index (χ4n) is 1.88. The van der Waals surface area contributed by atoms with E-state index in [1.54, 1.807) is 53.4 Å². The monoisotopic (exact) mass is 414 g/mol. The van der Waals surface area contributed by atoms with E-state index in [4.69, 9.17) is 0 Å². The van der Waals surface area contributed by atoms with Crippen molar-refractivity contribution in [2.45, 2.75) is 9.24 Å². The Morgan fingerprint density at radius 1 is 1.18 bits per heavy atom. The Bertz CT molecular complexity index is 921. The first-order valence-corrected chi connectivity index (χ1v) is 10.5. The van der Waals surface area contributed by atoms with E-state index in [0.29, 0.717) is 5.69 Å². The van der Waals surface area contributed by atoms with E-state index in [-0.39, 0.29) is 4.90 Å². The number of nitrogens with zero attached hydrogens (tertiary/aromatic N) is 1. The number of sulfonamides is 1. The standard InChI is InChI=1S/C14H11BrN2O2S3/c1-20-14-16-12-7-4-10(8-13(12)21-14)17-22(18,19)11-5-2-9(15)3-6-11/h2-8,17H,1H3. The third kappa shape index (κ3) is 3.29. The molecular formula is C14H11BrN2O2S3. The molecule has 4 nitrogen and oxygen atoms in total. The molecule has 0 spiro atoms. The van der Waals surface area contributed by atoms with Gasteiger partial charge in [-0.2, -0.15) is 0 Å². The Balaban J connectivity index is 1.92. The second-order valence-electron chi connectivity index (χ2n) is 4.43. The van der Waals surface area contributed by atoms with Gasteiger partial charge < -0.3 is 0 Å². The summed E-state index contributed by atoms with van der Waals surface area (Å²) in [5, 5.41) is 0. The zero-order chi connectivity index (χ0) is 15.7. The number of thioether (sulfide) groups is 1. The normalized spacial score (nSPS) is 11.7. The average Bonchev–Trinajstić information content (AvgIpc) is 2.89. The molecule has 0 aliphatic heterocycles. The third-order valence-electron chi connectivity index (χ3n) is 2.92. The molecule has 0 radical (unpaired) electrons. The summed E-state index contributed by atoms with van der Waals surface area (Å²) in [5.41, 5.74) is 1.41. The lowest BCUT2D eigenvalue weighted by Crippen LogP contribution is -2.12. The summed E-state index contributed by atoms with van der Waals surface area (Å²) in [4.78, 5) is 4.66. The van der Waals surface area contributed by atoms with E-state index in [1.165, 1.54) is 0 Å². The van der Waals surface area contributed by atoms with Crippen molar-refractivity contribution in [3.05, 3.63) is 46.9 Å². The van der Waals surface area contributed by atoms with Crippen molar-refractivity contribution in [3.63, 3.8) is 0 Å². The molecule has 22 heavy (non-hydrogen) atoms. The Labute approximate surface area is 145 Å². The Morgan fingerprint density at radius 3 is 2.59 bits per heavy atom. The van der Waals surface area contributed by atoms with Gasteiger partial charge in [0.15, 0.2) is 4.34 Å². The maximum absolute atomic E-state index is 12.4. The number of hydrogen-bond donors (Lipinski definition) is 1. The van der Waals surface area contributed by atoms with Crippen LogP contribution in [0.25, 0.3) is 10.2 Å². The van der Waals surface area contributed by atoms with Crippen molar-refractivity contribution in [2.24, 2.45) is 0 Å². The molecule has 0 saturated carbocycles. The number of aromatic nitrogens is 1. The first-order chi connectivity index (χ1) is 10.5. The van der Waals surface area contributed by atoms with Gasteiger partial charge in [0.05, 0.1) is 20.8 Å². The number of halogens is 1. The molecular weight excluding hydrogens is 404 g/mol. The second kappa shape index (κ2) is 6.19. The van der Waals surface area contributed by atoms with Gasteiger partial charge in [-0.3, -0.25) is 4.72 Å². The number of benzene rings is 2. The largest absolute Gasteiger partial charge is 0.280 e. The highest BCUT2D eigenvalue weighted by Crippen LogP contribution is 2.30. The van der Waals surface area contributed by atoms with Crippen LogP contribution in [0, 0.1) is 0 Å². The molecule has 0 bridgehead atoms. The Hall–Kier alpha value is -1.09. The van der Waals surface area contributed by atoms with E-state index >= 15 is 0 Å². The summed E-state index contributed by atoms with van der Waals surface area (Å²) in [6.45, 7) is 0. The molecule has 0 saturated heterocycles. The van der Waals surface area contributed by atoms with Crippen LogP contribution in [0.5, 0.6) is 0 Å². The van der Waals surface area contributed by atoms with Gasteiger partial charge in [-0.1, -0.05) is 27.7 Å². The molecule has 0 atom stereocenters. The molecule has 3 rings (SSSR count). The number of fused-ring (bicyclic) bond motifs is 1. The van der Waals surface area contributed by atoms with Gasteiger partial charge >= 0.3 is 0 Å². The van der Waals surface area contributed by atoms with Crippen LogP contribution in [0.15, 0.2) is 56.2 Å². The van der Waals surface area contributed by atoms with Crippen molar-refractivity contribution >= 4 is 65.0 Å². The van der Waals surface area contributed by atoms with E-state index in [0.717, 1.165) is 19.0 Å². The van der Waals surface area contributed by atoms with Crippen LogP contribution in [0.1, 0.15) is 0 Å². The first kappa shape index (κ1) is 15.8. The van der Waals surface area contributed by atoms with Crippen molar-refractivity contribution in [1.82, 2.24) is 4.98 Å². The lowest BCUT2D eigenvalue weighted by Gasteiger charge is -2.08. The zero-order valence-corrected chi connectivity index (χ0v) is 15.4. The van der Waals surface area contributed by atoms with Crippen molar-refractivity contribution < 1.29 is 8.42 Å². The lowest BCUT2D eigenvalue weighted by molar-refractivity contribution is 0.601. The molecule has 2 aromatic carbocycles. The number of hydrogen-bond acceptors (Lipinski definition) is 5. The van der Waals surface area contributed by atoms with Gasteiger partial charge in [0, 0.05) is 4.47 Å².